The molecule has 0 atom stereocenters. The Morgan fingerprint density at radius 3 is 2.50 bits per heavy atom. The largest absolute Gasteiger partial charge is 0.444 e. The van der Waals surface area contributed by atoms with Gasteiger partial charge < -0.3 is 10.1 Å². The van der Waals surface area contributed by atoms with Crippen LogP contribution in [0.15, 0.2) is 21.7 Å². The summed E-state index contributed by atoms with van der Waals surface area (Å²) in [7, 11) is -3.36. The smallest absolute Gasteiger partial charge is 0.407 e. The zero-order valence-electron chi connectivity index (χ0n) is 13.2. The number of thiophene rings is 1. The Kier molecular flexibility index (Phi) is 7.31. The fraction of sp³-hybridized carbons (Fsp3) is 0.643. The van der Waals surface area contributed by atoms with Crippen molar-refractivity contribution in [3.8, 4) is 0 Å². The van der Waals surface area contributed by atoms with Crippen LogP contribution in [0.25, 0.3) is 0 Å². The molecule has 0 bridgehead atoms. The second-order valence-corrected chi connectivity index (χ2v) is 8.76. The SMILES string of the molecule is CC(C)(C)OC(=O)NCCCCCNS(=O)(=O)c1cccs1. The molecule has 1 aromatic rings. The monoisotopic (exact) mass is 348 g/mol. The molecule has 1 aromatic heterocycles. The zero-order valence-corrected chi connectivity index (χ0v) is 14.9. The van der Waals surface area contributed by atoms with Gasteiger partial charge in [-0.2, -0.15) is 0 Å². The summed E-state index contributed by atoms with van der Waals surface area (Å²) in [5, 5.41) is 4.40. The summed E-state index contributed by atoms with van der Waals surface area (Å²) in [4.78, 5) is 11.4. The third-order valence-electron chi connectivity index (χ3n) is 2.57. The third-order valence-corrected chi connectivity index (χ3v) is 5.43. The Hall–Kier alpha value is -1.12. The molecule has 8 heteroatoms. The van der Waals surface area contributed by atoms with E-state index in [1.807, 2.05) is 20.8 Å². The molecular formula is C14H24N2O4S2. The van der Waals surface area contributed by atoms with Crippen LogP contribution in [-0.2, 0) is 14.8 Å². The van der Waals surface area contributed by atoms with E-state index in [4.69, 9.17) is 4.74 Å². The van der Waals surface area contributed by atoms with E-state index < -0.39 is 21.7 Å². The van der Waals surface area contributed by atoms with Gasteiger partial charge in [0.25, 0.3) is 0 Å². The first-order valence-electron chi connectivity index (χ1n) is 7.21. The predicted molar refractivity (Wildman–Crippen MR) is 87.6 cm³/mol. The minimum absolute atomic E-state index is 0.332. The van der Waals surface area contributed by atoms with Crippen molar-refractivity contribution in [3.05, 3.63) is 17.5 Å². The average Bonchev–Trinajstić information content (AvgIpc) is 2.89. The van der Waals surface area contributed by atoms with Crippen LogP contribution in [-0.4, -0.2) is 33.2 Å². The van der Waals surface area contributed by atoms with Crippen molar-refractivity contribution in [2.75, 3.05) is 13.1 Å². The normalized spacial score (nSPS) is 12.1. The lowest BCUT2D eigenvalue weighted by Crippen LogP contribution is -2.33. The minimum Gasteiger partial charge on any atom is -0.444 e. The van der Waals surface area contributed by atoms with Crippen molar-refractivity contribution in [1.82, 2.24) is 10.0 Å². The van der Waals surface area contributed by atoms with Crippen molar-refractivity contribution in [3.63, 3.8) is 0 Å². The molecule has 1 rings (SSSR count). The maximum Gasteiger partial charge on any atom is 0.407 e. The second kappa shape index (κ2) is 8.50. The van der Waals surface area contributed by atoms with Crippen LogP contribution in [0.2, 0.25) is 0 Å². The highest BCUT2D eigenvalue weighted by atomic mass is 32.2. The lowest BCUT2D eigenvalue weighted by atomic mass is 10.2. The number of amides is 1. The summed E-state index contributed by atoms with van der Waals surface area (Å²) in [5.74, 6) is 0. The van der Waals surface area contributed by atoms with Crippen molar-refractivity contribution in [1.29, 1.82) is 0 Å². The van der Waals surface area contributed by atoms with Gasteiger partial charge in [-0.25, -0.2) is 17.9 Å². The standard InChI is InChI=1S/C14H24N2O4S2/c1-14(2,3)20-13(17)15-9-5-4-6-10-16-22(18,19)12-8-7-11-21-12/h7-8,11,16H,4-6,9-10H2,1-3H3,(H,15,17). The van der Waals surface area contributed by atoms with Gasteiger partial charge in [0.15, 0.2) is 0 Å². The topological polar surface area (TPSA) is 84.5 Å². The van der Waals surface area contributed by atoms with Gasteiger partial charge in [0.05, 0.1) is 0 Å². The molecule has 1 heterocycles. The molecule has 6 nitrogen and oxygen atoms in total. The van der Waals surface area contributed by atoms with E-state index in [1.165, 1.54) is 11.3 Å². The second-order valence-electron chi connectivity index (χ2n) is 5.82. The van der Waals surface area contributed by atoms with Gasteiger partial charge in [0.2, 0.25) is 10.0 Å². The Bertz CT molecular complexity index is 548. The number of carbonyl (C=O) groups excluding carboxylic acids is 1. The van der Waals surface area contributed by atoms with Crippen LogP contribution in [0.3, 0.4) is 0 Å². The van der Waals surface area contributed by atoms with E-state index >= 15 is 0 Å². The predicted octanol–water partition coefficient (Wildman–Crippen LogP) is 2.72. The number of nitrogens with one attached hydrogen (secondary N) is 2. The molecule has 0 saturated carbocycles. The van der Waals surface area contributed by atoms with Crippen LogP contribution in [0.1, 0.15) is 40.0 Å². The van der Waals surface area contributed by atoms with E-state index in [9.17, 15) is 13.2 Å². The molecule has 126 valence electrons. The van der Waals surface area contributed by atoms with E-state index in [-0.39, 0.29) is 0 Å². The van der Waals surface area contributed by atoms with Gasteiger partial charge in [0.1, 0.15) is 9.81 Å². The number of ether oxygens (including phenoxy) is 1. The minimum atomic E-state index is -3.36. The van der Waals surface area contributed by atoms with Crippen molar-refractivity contribution in [2.24, 2.45) is 0 Å². The van der Waals surface area contributed by atoms with Gasteiger partial charge in [-0.05, 0) is 45.1 Å². The van der Waals surface area contributed by atoms with Gasteiger partial charge in [-0.3, -0.25) is 0 Å². The molecule has 0 aliphatic carbocycles. The maximum atomic E-state index is 11.8. The fourth-order valence-electron chi connectivity index (χ4n) is 1.63. The van der Waals surface area contributed by atoms with Crippen molar-refractivity contribution in [2.45, 2.75) is 49.8 Å². The van der Waals surface area contributed by atoms with Crippen LogP contribution in [0, 0.1) is 0 Å². The third kappa shape index (κ3) is 7.77. The molecule has 0 aromatic carbocycles. The summed E-state index contributed by atoms with van der Waals surface area (Å²) in [6, 6.07) is 3.29. The van der Waals surface area contributed by atoms with E-state index in [0.29, 0.717) is 17.3 Å². The molecule has 0 aliphatic rings. The van der Waals surface area contributed by atoms with Gasteiger partial charge >= 0.3 is 6.09 Å². The molecule has 0 fully saturated rings. The van der Waals surface area contributed by atoms with E-state index in [2.05, 4.69) is 10.0 Å². The summed E-state index contributed by atoms with van der Waals surface area (Å²) in [6.45, 7) is 6.35. The highest BCUT2D eigenvalue weighted by Crippen LogP contribution is 2.15. The lowest BCUT2D eigenvalue weighted by molar-refractivity contribution is 0.0527. The first-order valence-corrected chi connectivity index (χ1v) is 9.57. The molecule has 2 N–H and O–H groups in total. The number of alkyl carbamates (subject to hydrolysis) is 1. The Balaban J connectivity index is 2.08. The number of sulfonamides is 1. The van der Waals surface area contributed by atoms with E-state index in [0.717, 1.165) is 19.3 Å². The fourth-order valence-corrected chi connectivity index (χ4v) is 3.74. The quantitative estimate of drug-likeness (QED) is 0.708. The van der Waals surface area contributed by atoms with Gasteiger partial charge in [-0.1, -0.05) is 12.5 Å². The van der Waals surface area contributed by atoms with Crippen LogP contribution < -0.4 is 10.0 Å². The summed E-state index contributed by atoms with van der Waals surface area (Å²) < 4.78 is 31.7. The Labute approximate surface area is 136 Å². The van der Waals surface area contributed by atoms with Crippen LogP contribution in [0.4, 0.5) is 4.79 Å². The number of unbranched alkanes of at least 4 members (excludes halogenated alkanes) is 2. The molecule has 0 spiro atoms. The molecular weight excluding hydrogens is 324 g/mol. The van der Waals surface area contributed by atoms with Crippen molar-refractivity contribution < 1.29 is 17.9 Å². The first-order chi connectivity index (χ1) is 10.2. The molecule has 0 aliphatic heterocycles. The highest BCUT2D eigenvalue weighted by Gasteiger charge is 2.15. The molecule has 1 amide bonds. The number of hydrogen-bond acceptors (Lipinski definition) is 5. The average molecular weight is 348 g/mol. The first kappa shape index (κ1) is 18.9. The molecule has 0 unspecified atom stereocenters. The van der Waals surface area contributed by atoms with Gasteiger partial charge in [-0.15, -0.1) is 11.3 Å². The number of rotatable bonds is 8. The number of carbonyl (C=O) groups is 1. The van der Waals surface area contributed by atoms with Crippen molar-refractivity contribution >= 4 is 27.5 Å². The van der Waals surface area contributed by atoms with Crippen LogP contribution >= 0.6 is 11.3 Å². The molecule has 22 heavy (non-hydrogen) atoms. The Morgan fingerprint density at radius 1 is 1.23 bits per heavy atom. The van der Waals surface area contributed by atoms with Crippen LogP contribution in [0.5, 0.6) is 0 Å². The zero-order chi connectivity index (χ0) is 16.6. The highest BCUT2D eigenvalue weighted by molar-refractivity contribution is 7.91. The maximum absolute atomic E-state index is 11.8. The summed E-state index contributed by atoms with van der Waals surface area (Å²) >= 11 is 1.20. The summed E-state index contributed by atoms with van der Waals surface area (Å²) in [6.07, 6.45) is 1.90. The molecule has 0 radical (unpaired) electrons. The van der Waals surface area contributed by atoms with Gasteiger partial charge in [0, 0.05) is 13.1 Å². The van der Waals surface area contributed by atoms with E-state index in [1.54, 1.807) is 17.5 Å². The lowest BCUT2D eigenvalue weighted by Gasteiger charge is -2.19. The molecule has 0 saturated heterocycles. The number of hydrogen-bond donors (Lipinski definition) is 2. The summed E-state index contributed by atoms with van der Waals surface area (Å²) in [5.41, 5.74) is -0.496. The Morgan fingerprint density at radius 2 is 1.91 bits per heavy atom.